The molecule has 0 spiro atoms. The first-order valence-corrected chi connectivity index (χ1v) is 10.6. The van der Waals surface area contributed by atoms with Crippen molar-refractivity contribution in [1.82, 2.24) is 14.5 Å². The molecule has 31 heavy (non-hydrogen) atoms. The molecule has 1 aliphatic rings. The van der Waals surface area contributed by atoms with Crippen molar-refractivity contribution in [3.8, 4) is 0 Å². The third-order valence-electron chi connectivity index (χ3n) is 4.58. The molecule has 1 N–H and O–H groups in total. The van der Waals surface area contributed by atoms with Crippen LogP contribution in [0.5, 0.6) is 0 Å². The van der Waals surface area contributed by atoms with Gasteiger partial charge in [-0.3, -0.25) is 19.3 Å². The number of thioether (sulfide) groups is 1. The average molecular weight is 472 g/mol. The minimum atomic E-state index is -1.15. The molecule has 4 rings (SSSR count). The lowest BCUT2D eigenvalue weighted by molar-refractivity contribution is -0.140. The SMILES string of the molecule is O=C(O)CN1C(=O)/C(=C/c2nc3ccccc3n2CC(=O)c2ccc(Cl)cc2)SC1=S. The summed E-state index contributed by atoms with van der Waals surface area (Å²) >= 11 is 12.1. The van der Waals surface area contributed by atoms with Gasteiger partial charge in [0, 0.05) is 16.7 Å². The van der Waals surface area contributed by atoms with Crippen molar-refractivity contribution in [3.63, 3.8) is 0 Å². The van der Waals surface area contributed by atoms with Crippen LogP contribution < -0.4 is 0 Å². The molecule has 7 nitrogen and oxygen atoms in total. The zero-order valence-corrected chi connectivity index (χ0v) is 18.2. The molecule has 1 amide bonds. The van der Waals surface area contributed by atoms with Crippen molar-refractivity contribution in [1.29, 1.82) is 0 Å². The van der Waals surface area contributed by atoms with E-state index in [1.165, 1.54) is 6.08 Å². The van der Waals surface area contributed by atoms with Gasteiger partial charge in [0.25, 0.3) is 5.91 Å². The number of ketones is 1. The maximum atomic E-state index is 12.9. The highest BCUT2D eigenvalue weighted by Gasteiger charge is 2.34. The molecule has 0 saturated carbocycles. The highest BCUT2D eigenvalue weighted by Crippen LogP contribution is 2.33. The first-order valence-electron chi connectivity index (χ1n) is 9.04. The molecule has 1 fully saturated rings. The van der Waals surface area contributed by atoms with E-state index >= 15 is 0 Å². The molecule has 0 bridgehead atoms. The largest absolute Gasteiger partial charge is 0.480 e. The van der Waals surface area contributed by atoms with Gasteiger partial charge >= 0.3 is 5.97 Å². The molecule has 0 atom stereocenters. The van der Waals surface area contributed by atoms with Crippen LogP contribution >= 0.6 is 35.6 Å². The Kier molecular flexibility index (Phi) is 5.90. The summed E-state index contributed by atoms with van der Waals surface area (Å²) in [4.78, 5) is 42.3. The number of imidazole rings is 1. The van der Waals surface area contributed by atoms with Gasteiger partial charge < -0.3 is 9.67 Å². The summed E-state index contributed by atoms with van der Waals surface area (Å²) in [5, 5.41) is 9.54. The Balaban J connectivity index is 1.72. The number of aliphatic carboxylic acids is 1. The van der Waals surface area contributed by atoms with E-state index in [1.54, 1.807) is 28.8 Å². The number of amides is 1. The van der Waals surface area contributed by atoms with Crippen molar-refractivity contribution in [2.75, 3.05) is 6.54 Å². The van der Waals surface area contributed by atoms with Crippen LogP contribution in [0.3, 0.4) is 0 Å². The van der Waals surface area contributed by atoms with Gasteiger partial charge in [-0.1, -0.05) is 47.7 Å². The predicted molar refractivity (Wildman–Crippen MR) is 123 cm³/mol. The number of carboxylic acid groups (broad SMARTS) is 1. The standard InChI is InChI=1S/C21H14ClN3O4S2/c22-13-7-5-12(6-8-13)16(26)10-24-15-4-2-1-3-14(15)23-18(24)9-17-20(29)25(11-19(27)28)21(30)31-17/h1-9H,10-11H2,(H,27,28)/b17-9-. The number of halogens is 1. The van der Waals surface area contributed by atoms with Gasteiger partial charge in [-0.05, 0) is 36.4 Å². The van der Waals surface area contributed by atoms with Crippen molar-refractivity contribution >= 4 is 74.7 Å². The molecule has 1 aromatic heterocycles. The highest BCUT2D eigenvalue weighted by molar-refractivity contribution is 8.26. The van der Waals surface area contributed by atoms with E-state index < -0.39 is 18.4 Å². The predicted octanol–water partition coefficient (Wildman–Crippen LogP) is 3.86. The van der Waals surface area contributed by atoms with Crippen molar-refractivity contribution < 1.29 is 19.5 Å². The van der Waals surface area contributed by atoms with E-state index in [0.717, 1.165) is 22.2 Å². The fourth-order valence-corrected chi connectivity index (χ4v) is 4.48. The van der Waals surface area contributed by atoms with E-state index in [2.05, 4.69) is 4.98 Å². The number of carbonyl (C=O) groups excluding carboxylic acids is 2. The second kappa shape index (κ2) is 8.62. The Morgan fingerprint density at radius 1 is 1.13 bits per heavy atom. The normalized spacial score (nSPS) is 15.3. The molecule has 2 heterocycles. The van der Waals surface area contributed by atoms with Crippen molar-refractivity contribution in [3.05, 3.63) is 69.8 Å². The number of nitrogens with zero attached hydrogens (tertiary/aromatic N) is 3. The third-order valence-corrected chi connectivity index (χ3v) is 6.21. The summed E-state index contributed by atoms with van der Waals surface area (Å²) < 4.78 is 1.88. The van der Waals surface area contributed by atoms with Crippen LogP contribution in [-0.4, -0.2) is 48.1 Å². The summed E-state index contributed by atoms with van der Waals surface area (Å²) in [6, 6.07) is 13.9. The molecule has 1 saturated heterocycles. The number of thiocarbonyl (C=S) groups is 1. The van der Waals surface area contributed by atoms with Crippen molar-refractivity contribution in [2.24, 2.45) is 0 Å². The Bertz CT molecular complexity index is 1270. The number of hydrogen-bond acceptors (Lipinski definition) is 6. The summed E-state index contributed by atoms with van der Waals surface area (Å²) in [6.45, 7) is -0.503. The lowest BCUT2D eigenvalue weighted by Gasteiger charge is -2.10. The Hall–Kier alpha value is -3.01. The number of carboxylic acids is 1. The number of fused-ring (bicyclic) bond motifs is 1. The number of aromatic nitrogens is 2. The average Bonchev–Trinajstić information content (AvgIpc) is 3.20. The molecule has 10 heteroatoms. The van der Waals surface area contributed by atoms with Crippen LogP contribution in [0.4, 0.5) is 0 Å². The van der Waals surface area contributed by atoms with E-state index in [4.69, 9.17) is 28.9 Å². The highest BCUT2D eigenvalue weighted by atomic mass is 35.5. The fourth-order valence-electron chi connectivity index (χ4n) is 3.13. The number of hydrogen-bond donors (Lipinski definition) is 1. The summed E-state index contributed by atoms with van der Waals surface area (Å²) in [7, 11) is 0. The lowest BCUT2D eigenvalue weighted by Crippen LogP contribution is -2.33. The minimum absolute atomic E-state index is 0.00338. The number of rotatable bonds is 6. The topological polar surface area (TPSA) is 92.5 Å². The fraction of sp³-hybridized carbons (Fsp3) is 0.0952. The lowest BCUT2D eigenvalue weighted by atomic mass is 10.1. The Morgan fingerprint density at radius 3 is 2.55 bits per heavy atom. The summed E-state index contributed by atoms with van der Waals surface area (Å²) in [5.74, 6) is -1.40. The van der Waals surface area contributed by atoms with Gasteiger partial charge in [0.2, 0.25) is 0 Å². The molecular formula is C21H14ClN3O4S2. The van der Waals surface area contributed by atoms with Crippen LogP contribution in [-0.2, 0) is 16.1 Å². The van der Waals surface area contributed by atoms with Crippen LogP contribution in [0, 0.1) is 0 Å². The van der Waals surface area contributed by atoms with Gasteiger partial charge in [0.15, 0.2) is 5.78 Å². The molecule has 2 aromatic carbocycles. The molecule has 3 aromatic rings. The molecule has 0 radical (unpaired) electrons. The first-order chi connectivity index (χ1) is 14.8. The molecule has 0 aliphatic carbocycles. The number of para-hydroxylation sites is 2. The van der Waals surface area contributed by atoms with E-state index in [-0.39, 0.29) is 21.6 Å². The first kappa shape index (κ1) is 21.2. The van der Waals surface area contributed by atoms with Gasteiger partial charge in [-0.2, -0.15) is 0 Å². The van der Waals surface area contributed by atoms with E-state index in [0.29, 0.717) is 21.9 Å². The smallest absolute Gasteiger partial charge is 0.323 e. The zero-order valence-electron chi connectivity index (χ0n) is 15.8. The number of carbonyl (C=O) groups is 3. The second-order valence-electron chi connectivity index (χ2n) is 6.64. The minimum Gasteiger partial charge on any atom is -0.480 e. The summed E-state index contributed by atoms with van der Waals surface area (Å²) in [6.07, 6.45) is 1.54. The van der Waals surface area contributed by atoms with Gasteiger partial charge in [0.1, 0.15) is 16.7 Å². The number of Topliss-reactive ketones (excluding diaryl/α,β-unsaturated/α-hetero) is 1. The molecule has 1 aliphatic heterocycles. The van der Waals surface area contributed by atoms with E-state index in [1.807, 2.05) is 24.3 Å². The third kappa shape index (κ3) is 4.39. The molecule has 156 valence electrons. The van der Waals surface area contributed by atoms with Crippen LogP contribution in [0.2, 0.25) is 5.02 Å². The van der Waals surface area contributed by atoms with Gasteiger partial charge in [-0.25, -0.2) is 4.98 Å². The van der Waals surface area contributed by atoms with Crippen LogP contribution in [0.25, 0.3) is 17.1 Å². The zero-order chi connectivity index (χ0) is 22.1. The Morgan fingerprint density at radius 2 is 1.84 bits per heavy atom. The molecule has 0 unspecified atom stereocenters. The second-order valence-corrected chi connectivity index (χ2v) is 8.75. The summed E-state index contributed by atoms with van der Waals surface area (Å²) in [5.41, 5.74) is 1.90. The van der Waals surface area contributed by atoms with E-state index in [9.17, 15) is 14.4 Å². The maximum Gasteiger partial charge on any atom is 0.323 e. The Labute approximate surface area is 191 Å². The van der Waals surface area contributed by atoms with Gasteiger partial charge in [-0.15, -0.1) is 0 Å². The van der Waals surface area contributed by atoms with Crippen LogP contribution in [0.15, 0.2) is 53.4 Å². The quantitative estimate of drug-likeness (QED) is 0.331. The molecular weight excluding hydrogens is 458 g/mol. The number of benzene rings is 2. The van der Waals surface area contributed by atoms with Gasteiger partial charge in [0.05, 0.1) is 22.5 Å². The maximum absolute atomic E-state index is 12.9. The van der Waals surface area contributed by atoms with Crippen LogP contribution in [0.1, 0.15) is 16.2 Å². The van der Waals surface area contributed by atoms with Crippen molar-refractivity contribution in [2.45, 2.75) is 6.54 Å². The monoisotopic (exact) mass is 471 g/mol.